The number of aryl methyl sites for hydroxylation is 1. The highest BCUT2D eigenvalue weighted by molar-refractivity contribution is 5.44. The first-order valence-electron chi connectivity index (χ1n) is 8.01. The molecule has 3 rings (SSSR count). The van der Waals surface area contributed by atoms with E-state index in [0.717, 1.165) is 28.2 Å². The Balaban J connectivity index is 1.63. The third-order valence-corrected chi connectivity index (χ3v) is 4.23. The molecular weight excluding hydrogens is 290 g/mol. The zero-order valence-corrected chi connectivity index (χ0v) is 13.6. The monoisotopic (exact) mass is 313 g/mol. The van der Waals surface area contributed by atoms with Gasteiger partial charge < -0.3 is 19.9 Å². The Morgan fingerprint density at radius 1 is 1.09 bits per heavy atom. The van der Waals surface area contributed by atoms with Crippen molar-refractivity contribution in [3.8, 4) is 11.5 Å². The lowest BCUT2D eigenvalue weighted by Crippen LogP contribution is -2.25. The second-order valence-electron chi connectivity index (χ2n) is 5.91. The zero-order valence-electron chi connectivity index (χ0n) is 13.6. The fraction of sp³-hybridized carbons (Fsp3) is 0.368. The quantitative estimate of drug-likeness (QED) is 0.890. The molecule has 0 fully saturated rings. The van der Waals surface area contributed by atoms with Gasteiger partial charge in [0.2, 0.25) is 0 Å². The van der Waals surface area contributed by atoms with Gasteiger partial charge in [-0.1, -0.05) is 30.3 Å². The molecular formula is C19H23NO3. The molecule has 0 aromatic heterocycles. The summed E-state index contributed by atoms with van der Waals surface area (Å²) >= 11 is 0. The number of aliphatic hydroxyl groups excluding tert-OH is 1. The number of hydrogen-bond donors (Lipinski definition) is 2. The van der Waals surface area contributed by atoms with E-state index in [9.17, 15) is 5.11 Å². The summed E-state index contributed by atoms with van der Waals surface area (Å²) in [5.74, 6) is 1.59. The molecule has 4 heteroatoms. The number of ether oxygens (including phenoxy) is 2. The average molecular weight is 313 g/mol. The van der Waals surface area contributed by atoms with E-state index in [2.05, 4.69) is 12.2 Å². The SMILES string of the molecule is Cc1ccccc1C(O)CNC(C)c1ccc2c(c1)OCCO2. The van der Waals surface area contributed by atoms with E-state index in [0.29, 0.717) is 19.8 Å². The van der Waals surface area contributed by atoms with Crippen LogP contribution in [0.2, 0.25) is 0 Å². The van der Waals surface area contributed by atoms with Crippen LogP contribution in [-0.4, -0.2) is 24.9 Å². The van der Waals surface area contributed by atoms with Crippen molar-refractivity contribution >= 4 is 0 Å². The molecule has 0 saturated heterocycles. The highest BCUT2D eigenvalue weighted by Crippen LogP contribution is 2.32. The van der Waals surface area contributed by atoms with E-state index in [1.165, 1.54) is 0 Å². The van der Waals surface area contributed by atoms with E-state index < -0.39 is 6.10 Å². The Bertz CT molecular complexity index is 671. The molecule has 122 valence electrons. The topological polar surface area (TPSA) is 50.7 Å². The van der Waals surface area contributed by atoms with Gasteiger partial charge in [-0.3, -0.25) is 0 Å². The smallest absolute Gasteiger partial charge is 0.161 e. The Hall–Kier alpha value is -2.04. The minimum absolute atomic E-state index is 0.115. The maximum absolute atomic E-state index is 10.4. The van der Waals surface area contributed by atoms with Gasteiger partial charge in [-0.2, -0.15) is 0 Å². The Morgan fingerprint density at radius 3 is 2.61 bits per heavy atom. The highest BCUT2D eigenvalue weighted by Gasteiger charge is 2.16. The Kier molecular flexibility index (Phi) is 4.84. The van der Waals surface area contributed by atoms with Gasteiger partial charge in [0.05, 0.1) is 6.10 Å². The molecule has 4 nitrogen and oxygen atoms in total. The van der Waals surface area contributed by atoms with E-state index in [1.807, 2.05) is 49.4 Å². The molecule has 1 heterocycles. The number of aliphatic hydroxyl groups is 1. The summed E-state index contributed by atoms with van der Waals surface area (Å²) < 4.78 is 11.2. The maximum Gasteiger partial charge on any atom is 0.161 e. The van der Waals surface area contributed by atoms with Crippen molar-refractivity contribution < 1.29 is 14.6 Å². The number of fused-ring (bicyclic) bond motifs is 1. The lowest BCUT2D eigenvalue weighted by Gasteiger charge is -2.22. The van der Waals surface area contributed by atoms with E-state index in [-0.39, 0.29) is 6.04 Å². The molecule has 0 radical (unpaired) electrons. The fourth-order valence-corrected chi connectivity index (χ4v) is 2.81. The summed E-state index contributed by atoms with van der Waals surface area (Å²) in [7, 11) is 0. The molecule has 2 atom stereocenters. The lowest BCUT2D eigenvalue weighted by molar-refractivity contribution is 0.168. The highest BCUT2D eigenvalue weighted by atomic mass is 16.6. The van der Waals surface area contributed by atoms with Crippen molar-refractivity contribution in [2.45, 2.75) is 26.0 Å². The molecule has 1 aliphatic heterocycles. The number of rotatable bonds is 5. The van der Waals surface area contributed by atoms with Gasteiger partial charge in [-0.25, -0.2) is 0 Å². The lowest BCUT2D eigenvalue weighted by atomic mass is 10.0. The van der Waals surface area contributed by atoms with Gasteiger partial charge in [0.1, 0.15) is 13.2 Å². The molecule has 2 aromatic carbocycles. The van der Waals surface area contributed by atoms with Gasteiger partial charge in [-0.15, -0.1) is 0 Å². The van der Waals surface area contributed by atoms with Crippen LogP contribution in [-0.2, 0) is 0 Å². The van der Waals surface area contributed by atoms with E-state index in [1.54, 1.807) is 0 Å². The van der Waals surface area contributed by atoms with Crippen LogP contribution < -0.4 is 14.8 Å². The van der Waals surface area contributed by atoms with Gasteiger partial charge in [0.25, 0.3) is 0 Å². The summed E-state index contributed by atoms with van der Waals surface area (Å²) in [6.07, 6.45) is -0.518. The molecule has 0 spiro atoms. The first-order chi connectivity index (χ1) is 11.1. The van der Waals surface area contributed by atoms with Crippen LogP contribution >= 0.6 is 0 Å². The van der Waals surface area contributed by atoms with Crippen molar-refractivity contribution in [2.75, 3.05) is 19.8 Å². The maximum atomic E-state index is 10.4. The fourth-order valence-electron chi connectivity index (χ4n) is 2.81. The summed E-state index contributed by atoms with van der Waals surface area (Å²) in [6.45, 7) is 5.78. The standard InChI is InChI=1S/C19H23NO3/c1-13-5-3-4-6-16(13)17(21)12-20-14(2)15-7-8-18-19(11-15)23-10-9-22-18/h3-8,11,14,17,20-21H,9-10,12H2,1-2H3. The third-order valence-electron chi connectivity index (χ3n) is 4.23. The summed E-state index contributed by atoms with van der Waals surface area (Å²) in [5.41, 5.74) is 3.19. The average Bonchev–Trinajstić information content (AvgIpc) is 2.59. The molecule has 0 bridgehead atoms. The molecule has 2 N–H and O–H groups in total. The summed E-state index contributed by atoms with van der Waals surface area (Å²) in [5, 5.41) is 13.8. The van der Waals surface area contributed by atoms with Gasteiger partial charge in [0.15, 0.2) is 11.5 Å². The van der Waals surface area contributed by atoms with Crippen LogP contribution in [0.1, 0.15) is 35.8 Å². The minimum Gasteiger partial charge on any atom is -0.486 e. The van der Waals surface area contributed by atoms with Crippen molar-refractivity contribution in [3.05, 3.63) is 59.2 Å². The predicted octanol–water partition coefficient (Wildman–Crippen LogP) is 3.15. The molecule has 0 saturated carbocycles. The normalized spacial score (nSPS) is 16.0. The van der Waals surface area contributed by atoms with Crippen LogP contribution in [0.5, 0.6) is 11.5 Å². The van der Waals surface area contributed by atoms with Crippen LogP contribution in [0.3, 0.4) is 0 Å². The van der Waals surface area contributed by atoms with Crippen LogP contribution in [0.4, 0.5) is 0 Å². The molecule has 0 aliphatic carbocycles. The number of benzene rings is 2. The van der Waals surface area contributed by atoms with Crippen molar-refractivity contribution in [1.82, 2.24) is 5.32 Å². The van der Waals surface area contributed by atoms with Crippen molar-refractivity contribution in [2.24, 2.45) is 0 Å². The van der Waals surface area contributed by atoms with E-state index >= 15 is 0 Å². The molecule has 23 heavy (non-hydrogen) atoms. The number of hydrogen-bond acceptors (Lipinski definition) is 4. The van der Waals surface area contributed by atoms with E-state index in [4.69, 9.17) is 9.47 Å². The molecule has 1 aliphatic rings. The van der Waals surface area contributed by atoms with Crippen LogP contribution in [0.25, 0.3) is 0 Å². The van der Waals surface area contributed by atoms with Gasteiger partial charge in [-0.05, 0) is 42.7 Å². The first kappa shape index (κ1) is 15.8. The third kappa shape index (κ3) is 3.66. The largest absolute Gasteiger partial charge is 0.486 e. The molecule has 2 unspecified atom stereocenters. The van der Waals surface area contributed by atoms with Crippen LogP contribution in [0.15, 0.2) is 42.5 Å². The minimum atomic E-state index is -0.518. The second kappa shape index (κ2) is 7.02. The second-order valence-corrected chi connectivity index (χ2v) is 5.91. The molecule has 2 aromatic rings. The van der Waals surface area contributed by atoms with Crippen molar-refractivity contribution in [1.29, 1.82) is 0 Å². The number of nitrogens with one attached hydrogen (secondary N) is 1. The molecule has 0 amide bonds. The first-order valence-corrected chi connectivity index (χ1v) is 8.01. The summed E-state index contributed by atoms with van der Waals surface area (Å²) in [4.78, 5) is 0. The van der Waals surface area contributed by atoms with Gasteiger partial charge >= 0.3 is 0 Å². The zero-order chi connectivity index (χ0) is 16.2. The Labute approximate surface area is 137 Å². The van der Waals surface area contributed by atoms with Crippen molar-refractivity contribution in [3.63, 3.8) is 0 Å². The predicted molar refractivity (Wildman–Crippen MR) is 90.0 cm³/mol. The van der Waals surface area contributed by atoms with Gasteiger partial charge in [0, 0.05) is 12.6 Å². The van der Waals surface area contributed by atoms with Crippen LogP contribution in [0, 0.1) is 6.92 Å². The summed E-state index contributed by atoms with van der Waals surface area (Å²) in [6, 6.07) is 14.0. The Morgan fingerprint density at radius 2 is 1.83 bits per heavy atom.